The van der Waals surface area contributed by atoms with E-state index in [0.29, 0.717) is 13.0 Å². The third kappa shape index (κ3) is 2.02. The Hall–Kier alpha value is -0.160. The van der Waals surface area contributed by atoms with Crippen LogP contribution in [0.15, 0.2) is 0 Å². The molecule has 2 aliphatic rings. The maximum atomic E-state index is 9.17. The smallest absolute Gasteiger partial charge is 0.163 e. The predicted octanol–water partition coefficient (Wildman–Crippen LogP) is 0.635. The van der Waals surface area contributed by atoms with Crippen molar-refractivity contribution >= 4 is 0 Å². The number of hydrogen-bond acceptors (Lipinski definition) is 4. The molecule has 13 heavy (non-hydrogen) atoms. The lowest BCUT2D eigenvalue weighted by Gasteiger charge is -2.20. The van der Waals surface area contributed by atoms with Crippen molar-refractivity contribution in [3.05, 3.63) is 0 Å². The molecule has 0 spiro atoms. The highest BCUT2D eigenvalue weighted by atomic mass is 16.8. The van der Waals surface area contributed by atoms with Crippen molar-refractivity contribution in [2.45, 2.75) is 51.0 Å². The summed E-state index contributed by atoms with van der Waals surface area (Å²) in [7, 11) is 0. The van der Waals surface area contributed by atoms with E-state index in [1.165, 1.54) is 0 Å². The van der Waals surface area contributed by atoms with E-state index in [1.807, 2.05) is 13.8 Å². The topological polar surface area (TPSA) is 47.9 Å². The third-order valence-electron chi connectivity index (χ3n) is 2.48. The van der Waals surface area contributed by atoms with Gasteiger partial charge in [-0.3, -0.25) is 0 Å². The molecule has 1 N–H and O–H groups in total. The highest BCUT2D eigenvalue weighted by Gasteiger charge is 2.40. The largest absolute Gasteiger partial charge is 0.368 e. The van der Waals surface area contributed by atoms with E-state index in [4.69, 9.17) is 14.2 Å². The fourth-order valence-electron chi connectivity index (χ4n) is 1.82. The molecule has 4 heteroatoms. The molecule has 2 heterocycles. The van der Waals surface area contributed by atoms with Crippen molar-refractivity contribution in [2.75, 3.05) is 6.61 Å². The molecule has 2 rings (SSSR count). The molecule has 0 radical (unpaired) electrons. The summed E-state index contributed by atoms with van der Waals surface area (Å²) in [5.41, 5.74) is 0. The summed E-state index contributed by atoms with van der Waals surface area (Å²) in [6.07, 6.45) is 0.914. The minimum Gasteiger partial charge on any atom is -0.368 e. The standard InChI is InChI=1S/C9H16O4/c1-9(2)11-5-7(13-9)6-3-4-8(10)12-6/h6-8,10H,3-5H2,1-2H3/t6?,7-,8?/m1/s1. The fraction of sp³-hybridized carbons (Fsp3) is 1.00. The summed E-state index contributed by atoms with van der Waals surface area (Å²) in [6, 6.07) is 0. The number of aliphatic hydroxyl groups excluding tert-OH is 1. The van der Waals surface area contributed by atoms with Gasteiger partial charge < -0.3 is 19.3 Å². The maximum absolute atomic E-state index is 9.17. The molecule has 3 atom stereocenters. The van der Waals surface area contributed by atoms with Crippen LogP contribution in [-0.2, 0) is 14.2 Å². The third-order valence-corrected chi connectivity index (χ3v) is 2.48. The van der Waals surface area contributed by atoms with Gasteiger partial charge in [-0.1, -0.05) is 0 Å². The Kier molecular flexibility index (Phi) is 2.32. The zero-order chi connectivity index (χ0) is 9.47. The normalized spacial score (nSPS) is 44.1. The molecule has 2 aliphatic heterocycles. The summed E-state index contributed by atoms with van der Waals surface area (Å²) in [4.78, 5) is 0. The molecule has 2 saturated heterocycles. The second-order valence-corrected chi connectivity index (χ2v) is 4.07. The first kappa shape index (κ1) is 9.40. The zero-order valence-electron chi connectivity index (χ0n) is 8.03. The SMILES string of the molecule is CC1(C)OC[C@H](C2CCC(O)O2)O1. The van der Waals surface area contributed by atoms with Gasteiger partial charge >= 0.3 is 0 Å². The lowest BCUT2D eigenvalue weighted by atomic mass is 10.1. The average molecular weight is 188 g/mol. The molecule has 0 saturated carbocycles. The van der Waals surface area contributed by atoms with Crippen LogP contribution in [0.2, 0.25) is 0 Å². The first-order chi connectivity index (χ1) is 6.07. The average Bonchev–Trinajstić information content (AvgIpc) is 2.56. The van der Waals surface area contributed by atoms with Crippen molar-refractivity contribution in [2.24, 2.45) is 0 Å². The van der Waals surface area contributed by atoms with Crippen LogP contribution < -0.4 is 0 Å². The van der Waals surface area contributed by atoms with E-state index < -0.39 is 12.1 Å². The summed E-state index contributed by atoms with van der Waals surface area (Å²) in [6.45, 7) is 4.33. The highest BCUT2D eigenvalue weighted by Crippen LogP contribution is 2.30. The van der Waals surface area contributed by atoms with Gasteiger partial charge in [0.2, 0.25) is 0 Å². The van der Waals surface area contributed by atoms with E-state index in [2.05, 4.69) is 0 Å². The van der Waals surface area contributed by atoms with Gasteiger partial charge in [0.25, 0.3) is 0 Å². The van der Waals surface area contributed by atoms with Crippen molar-refractivity contribution in [1.29, 1.82) is 0 Å². The van der Waals surface area contributed by atoms with Gasteiger partial charge in [-0.25, -0.2) is 0 Å². The van der Waals surface area contributed by atoms with Gasteiger partial charge in [-0.15, -0.1) is 0 Å². The first-order valence-corrected chi connectivity index (χ1v) is 4.72. The Bertz CT molecular complexity index is 192. The van der Waals surface area contributed by atoms with Gasteiger partial charge in [0.15, 0.2) is 12.1 Å². The van der Waals surface area contributed by atoms with Crippen LogP contribution in [0.3, 0.4) is 0 Å². The molecular weight excluding hydrogens is 172 g/mol. The first-order valence-electron chi connectivity index (χ1n) is 4.72. The summed E-state index contributed by atoms with van der Waals surface area (Å²) in [5.74, 6) is -0.498. The van der Waals surface area contributed by atoms with Gasteiger partial charge in [-0.05, 0) is 20.3 Å². The molecule has 0 aliphatic carbocycles. The molecular formula is C9H16O4. The van der Waals surface area contributed by atoms with E-state index in [9.17, 15) is 5.11 Å². The molecule has 2 fully saturated rings. The Balaban J connectivity index is 1.89. The highest BCUT2D eigenvalue weighted by molar-refractivity contribution is 4.82. The van der Waals surface area contributed by atoms with Crippen LogP contribution in [0.1, 0.15) is 26.7 Å². The van der Waals surface area contributed by atoms with Crippen LogP contribution in [0.25, 0.3) is 0 Å². The Morgan fingerprint density at radius 1 is 1.23 bits per heavy atom. The van der Waals surface area contributed by atoms with Crippen molar-refractivity contribution in [1.82, 2.24) is 0 Å². The van der Waals surface area contributed by atoms with Crippen LogP contribution in [0.5, 0.6) is 0 Å². The predicted molar refractivity (Wildman–Crippen MR) is 45.0 cm³/mol. The molecule has 0 aromatic rings. The quantitative estimate of drug-likeness (QED) is 0.656. The summed E-state index contributed by atoms with van der Waals surface area (Å²) in [5, 5.41) is 9.17. The van der Waals surface area contributed by atoms with Gasteiger partial charge in [-0.2, -0.15) is 0 Å². The lowest BCUT2D eigenvalue weighted by Crippen LogP contribution is -2.30. The Morgan fingerprint density at radius 2 is 2.00 bits per heavy atom. The van der Waals surface area contributed by atoms with E-state index in [0.717, 1.165) is 6.42 Å². The minimum atomic E-state index is -0.614. The van der Waals surface area contributed by atoms with Crippen LogP contribution in [0.4, 0.5) is 0 Å². The van der Waals surface area contributed by atoms with Gasteiger partial charge in [0.05, 0.1) is 12.7 Å². The monoisotopic (exact) mass is 188 g/mol. The van der Waals surface area contributed by atoms with Crippen molar-refractivity contribution < 1.29 is 19.3 Å². The second-order valence-electron chi connectivity index (χ2n) is 4.07. The Morgan fingerprint density at radius 3 is 2.46 bits per heavy atom. The van der Waals surface area contributed by atoms with Gasteiger partial charge in [0, 0.05) is 6.42 Å². The van der Waals surface area contributed by atoms with E-state index in [-0.39, 0.29) is 12.2 Å². The molecule has 0 bridgehead atoms. The molecule has 2 unspecified atom stereocenters. The molecule has 0 amide bonds. The van der Waals surface area contributed by atoms with E-state index in [1.54, 1.807) is 0 Å². The molecule has 4 nitrogen and oxygen atoms in total. The maximum Gasteiger partial charge on any atom is 0.163 e. The van der Waals surface area contributed by atoms with Crippen molar-refractivity contribution in [3.63, 3.8) is 0 Å². The molecule has 76 valence electrons. The lowest BCUT2D eigenvalue weighted by molar-refractivity contribution is -0.168. The van der Waals surface area contributed by atoms with Crippen LogP contribution >= 0.6 is 0 Å². The molecule has 0 aromatic heterocycles. The Labute approximate surface area is 77.8 Å². The van der Waals surface area contributed by atoms with Gasteiger partial charge in [0.1, 0.15) is 6.10 Å². The summed E-state index contributed by atoms with van der Waals surface area (Å²) < 4.78 is 16.3. The van der Waals surface area contributed by atoms with Crippen LogP contribution in [-0.4, -0.2) is 36.0 Å². The number of ether oxygens (including phenoxy) is 3. The molecule has 0 aromatic carbocycles. The minimum absolute atomic E-state index is 0.00299. The zero-order valence-corrected chi connectivity index (χ0v) is 8.03. The summed E-state index contributed by atoms with van der Waals surface area (Å²) >= 11 is 0. The number of rotatable bonds is 1. The number of hydrogen-bond donors (Lipinski definition) is 1. The second kappa shape index (κ2) is 3.20. The fourth-order valence-corrected chi connectivity index (χ4v) is 1.82. The number of aliphatic hydroxyl groups is 1. The van der Waals surface area contributed by atoms with Crippen molar-refractivity contribution in [3.8, 4) is 0 Å². The van der Waals surface area contributed by atoms with E-state index >= 15 is 0 Å². The van der Waals surface area contributed by atoms with Crippen LogP contribution in [0, 0.1) is 0 Å².